The van der Waals surface area contributed by atoms with E-state index in [0.29, 0.717) is 11.6 Å². The minimum Gasteiger partial charge on any atom is -0.478 e. The van der Waals surface area contributed by atoms with Gasteiger partial charge >= 0.3 is 5.97 Å². The molecule has 1 aromatic carbocycles. The van der Waals surface area contributed by atoms with E-state index < -0.39 is 5.97 Å². The summed E-state index contributed by atoms with van der Waals surface area (Å²) in [4.78, 5) is 15.6. The second kappa shape index (κ2) is 3.83. The van der Waals surface area contributed by atoms with Gasteiger partial charge in [0.2, 0.25) is 0 Å². The molecule has 3 rings (SSSR count). The van der Waals surface area contributed by atoms with Crippen LogP contribution in [0.2, 0.25) is 0 Å². The summed E-state index contributed by atoms with van der Waals surface area (Å²) in [5, 5.41) is 9.07. The molecule has 0 bridgehead atoms. The summed E-state index contributed by atoms with van der Waals surface area (Å²) in [7, 11) is 0. The van der Waals surface area contributed by atoms with Crippen molar-refractivity contribution in [2.75, 3.05) is 0 Å². The Morgan fingerprint density at radius 1 is 1.50 bits per heavy atom. The number of carboxylic acids is 1. The van der Waals surface area contributed by atoms with Crippen molar-refractivity contribution in [2.24, 2.45) is 5.92 Å². The van der Waals surface area contributed by atoms with Gasteiger partial charge in [-0.3, -0.25) is 0 Å². The molecule has 1 N–H and O–H groups in total. The SMILES string of the molecule is Cc1nc2ccc(C(=O)O)cc2n1C(C)C1CC1. The van der Waals surface area contributed by atoms with E-state index in [9.17, 15) is 4.79 Å². The largest absolute Gasteiger partial charge is 0.478 e. The van der Waals surface area contributed by atoms with E-state index in [1.165, 1.54) is 12.8 Å². The van der Waals surface area contributed by atoms with Gasteiger partial charge in [0.25, 0.3) is 0 Å². The molecule has 2 aromatic rings. The van der Waals surface area contributed by atoms with E-state index >= 15 is 0 Å². The molecule has 1 saturated carbocycles. The van der Waals surface area contributed by atoms with Crippen LogP contribution in [0.25, 0.3) is 11.0 Å². The van der Waals surface area contributed by atoms with Crippen LogP contribution in [0.4, 0.5) is 0 Å². The molecule has 1 aromatic heterocycles. The highest BCUT2D eigenvalue weighted by Gasteiger charge is 2.30. The summed E-state index contributed by atoms with van der Waals surface area (Å²) in [6.45, 7) is 4.18. The number of carbonyl (C=O) groups is 1. The molecule has 0 saturated heterocycles. The van der Waals surface area contributed by atoms with Crippen molar-refractivity contribution in [3.8, 4) is 0 Å². The summed E-state index contributed by atoms with van der Waals surface area (Å²) < 4.78 is 2.18. The molecule has 0 radical (unpaired) electrons. The van der Waals surface area contributed by atoms with Crippen molar-refractivity contribution < 1.29 is 9.90 Å². The minimum atomic E-state index is -0.888. The number of fused-ring (bicyclic) bond motifs is 1. The minimum absolute atomic E-state index is 0.326. The van der Waals surface area contributed by atoms with Gasteiger partial charge in [0, 0.05) is 6.04 Å². The predicted molar refractivity (Wildman–Crippen MR) is 68.9 cm³/mol. The fraction of sp³-hybridized carbons (Fsp3) is 0.429. The topological polar surface area (TPSA) is 55.1 Å². The average Bonchev–Trinajstić information content (AvgIpc) is 3.10. The van der Waals surface area contributed by atoms with Gasteiger partial charge in [0.15, 0.2) is 0 Å². The van der Waals surface area contributed by atoms with Gasteiger partial charge in [-0.05, 0) is 50.8 Å². The van der Waals surface area contributed by atoms with E-state index in [4.69, 9.17) is 5.11 Å². The number of carboxylic acid groups (broad SMARTS) is 1. The van der Waals surface area contributed by atoms with Crippen molar-refractivity contribution >= 4 is 17.0 Å². The highest BCUT2D eigenvalue weighted by atomic mass is 16.4. The van der Waals surface area contributed by atoms with Crippen LogP contribution in [0.1, 0.15) is 42.0 Å². The second-order valence-electron chi connectivity index (χ2n) is 5.12. The summed E-state index contributed by atoms with van der Waals surface area (Å²) >= 11 is 0. The first-order valence-corrected chi connectivity index (χ1v) is 6.30. The van der Waals surface area contributed by atoms with Crippen LogP contribution in [-0.2, 0) is 0 Å². The van der Waals surface area contributed by atoms with Crippen LogP contribution in [-0.4, -0.2) is 20.6 Å². The van der Waals surface area contributed by atoms with E-state index in [-0.39, 0.29) is 0 Å². The number of imidazole rings is 1. The number of aryl methyl sites for hydroxylation is 1. The number of benzene rings is 1. The molecule has 18 heavy (non-hydrogen) atoms. The van der Waals surface area contributed by atoms with Gasteiger partial charge in [-0.25, -0.2) is 9.78 Å². The monoisotopic (exact) mass is 244 g/mol. The molecule has 1 atom stereocenters. The highest BCUT2D eigenvalue weighted by Crippen LogP contribution is 2.41. The molecule has 94 valence electrons. The first kappa shape index (κ1) is 11.3. The summed E-state index contributed by atoms with van der Waals surface area (Å²) in [5.74, 6) is 0.794. The summed E-state index contributed by atoms with van der Waals surface area (Å²) in [6.07, 6.45) is 2.53. The average molecular weight is 244 g/mol. The van der Waals surface area contributed by atoms with E-state index in [1.807, 2.05) is 6.92 Å². The van der Waals surface area contributed by atoms with E-state index in [1.54, 1.807) is 18.2 Å². The number of aromatic nitrogens is 2. The van der Waals surface area contributed by atoms with Gasteiger partial charge in [-0.1, -0.05) is 0 Å². The second-order valence-corrected chi connectivity index (χ2v) is 5.12. The number of aromatic carboxylic acids is 1. The number of rotatable bonds is 3. The van der Waals surface area contributed by atoms with Gasteiger partial charge in [0.1, 0.15) is 5.82 Å². The molecule has 1 heterocycles. The zero-order valence-electron chi connectivity index (χ0n) is 10.6. The molecule has 0 spiro atoms. The molecular weight excluding hydrogens is 228 g/mol. The van der Waals surface area contributed by atoms with Crippen molar-refractivity contribution in [1.29, 1.82) is 0 Å². The standard InChI is InChI=1S/C14H16N2O2/c1-8(10-3-4-10)16-9(2)15-12-6-5-11(14(17)18)7-13(12)16/h5-8,10H,3-4H2,1-2H3,(H,17,18). The van der Waals surface area contributed by atoms with Crippen LogP contribution < -0.4 is 0 Å². The lowest BCUT2D eigenvalue weighted by molar-refractivity contribution is 0.0697. The van der Waals surface area contributed by atoms with Crippen molar-refractivity contribution in [1.82, 2.24) is 9.55 Å². The van der Waals surface area contributed by atoms with Crippen LogP contribution in [0.5, 0.6) is 0 Å². The Kier molecular flexibility index (Phi) is 2.40. The summed E-state index contributed by atoms with van der Waals surface area (Å²) in [6, 6.07) is 5.54. The maximum absolute atomic E-state index is 11.0. The number of hydrogen-bond acceptors (Lipinski definition) is 2. The van der Waals surface area contributed by atoms with Crippen LogP contribution >= 0.6 is 0 Å². The van der Waals surface area contributed by atoms with Gasteiger partial charge < -0.3 is 9.67 Å². The lowest BCUT2D eigenvalue weighted by atomic mass is 10.1. The lowest BCUT2D eigenvalue weighted by Gasteiger charge is -2.15. The Balaban J connectivity index is 2.18. The fourth-order valence-corrected chi connectivity index (χ4v) is 2.65. The normalized spacial score (nSPS) is 17.0. The predicted octanol–water partition coefficient (Wildman–Crippen LogP) is 3.01. The number of hydrogen-bond donors (Lipinski definition) is 1. The molecule has 0 aliphatic heterocycles. The van der Waals surface area contributed by atoms with Crippen LogP contribution in [0, 0.1) is 12.8 Å². The number of nitrogens with zero attached hydrogens (tertiary/aromatic N) is 2. The van der Waals surface area contributed by atoms with E-state index in [2.05, 4.69) is 16.5 Å². The molecule has 4 nitrogen and oxygen atoms in total. The Labute approximate surface area is 105 Å². The Hall–Kier alpha value is -1.84. The zero-order valence-corrected chi connectivity index (χ0v) is 10.6. The molecule has 4 heteroatoms. The Morgan fingerprint density at radius 2 is 2.22 bits per heavy atom. The van der Waals surface area contributed by atoms with Crippen LogP contribution in [0.3, 0.4) is 0 Å². The van der Waals surface area contributed by atoms with Crippen molar-refractivity contribution in [2.45, 2.75) is 32.7 Å². The van der Waals surface area contributed by atoms with Crippen LogP contribution in [0.15, 0.2) is 18.2 Å². The third-order valence-corrected chi connectivity index (χ3v) is 3.82. The lowest BCUT2D eigenvalue weighted by Crippen LogP contribution is -2.09. The first-order chi connectivity index (χ1) is 8.58. The maximum atomic E-state index is 11.0. The van der Waals surface area contributed by atoms with Gasteiger partial charge in [-0.2, -0.15) is 0 Å². The molecule has 1 fully saturated rings. The third-order valence-electron chi connectivity index (χ3n) is 3.82. The van der Waals surface area contributed by atoms with E-state index in [0.717, 1.165) is 22.8 Å². The molecule has 1 aliphatic carbocycles. The van der Waals surface area contributed by atoms with Gasteiger partial charge in [0.05, 0.1) is 16.6 Å². The third kappa shape index (κ3) is 1.68. The van der Waals surface area contributed by atoms with Crippen molar-refractivity contribution in [3.05, 3.63) is 29.6 Å². The molecule has 0 amide bonds. The fourth-order valence-electron chi connectivity index (χ4n) is 2.65. The Morgan fingerprint density at radius 3 is 2.83 bits per heavy atom. The molecule has 1 aliphatic rings. The first-order valence-electron chi connectivity index (χ1n) is 6.30. The molecule has 1 unspecified atom stereocenters. The maximum Gasteiger partial charge on any atom is 0.335 e. The van der Waals surface area contributed by atoms with Crippen molar-refractivity contribution in [3.63, 3.8) is 0 Å². The summed E-state index contributed by atoms with van der Waals surface area (Å²) in [5.41, 5.74) is 2.14. The smallest absolute Gasteiger partial charge is 0.335 e. The quantitative estimate of drug-likeness (QED) is 0.902. The van der Waals surface area contributed by atoms with Gasteiger partial charge in [-0.15, -0.1) is 0 Å². The highest BCUT2D eigenvalue weighted by molar-refractivity contribution is 5.92. The molecular formula is C14H16N2O2. The zero-order chi connectivity index (χ0) is 12.9. The Bertz CT molecular complexity index is 626.